The fraction of sp³-hybridized carbons (Fsp3) is 0.304. The van der Waals surface area contributed by atoms with Crippen LogP contribution in [0.2, 0.25) is 0 Å². The summed E-state index contributed by atoms with van der Waals surface area (Å²) in [4.78, 5) is 52.5. The highest BCUT2D eigenvalue weighted by Crippen LogP contribution is 2.33. The fourth-order valence-electron chi connectivity index (χ4n) is 3.67. The minimum absolute atomic E-state index is 0.0674. The molecule has 1 heterocycles. The van der Waals surface area contributed by atoms with E-state index in [1.807, 2.05) is 13.0 Å². The molecule has 1 aliphatic heterocycles. The van der Waals surface area contributed by atoms with E-state index in [-0.39, 0.29) is 17.7 Å². The molecule has 0 aromatic heterocycles. The first-order valence-electron chi connectivity index (χ1n) is 10.1. The van der Waals surface area contributed by atoms with Crippen LogP contribution in [0, 0.1) is 21.4 Å². The van der Waals surface area contributed by atoms with Gasteiger partial charge in [-0.15, -0.1) is 0 Å². The summed E-state index contributed by atoms with van der Waals surface area (Å²) in [6.45, 7) is 5.42. The molecule has 0 spiro atoms. The molecule has 2 aromatic carbocycles. The predicted octanol–water partition coefficient (Wildman–Crippen LogP) is 3.43. The molecular weight excluding hydrogens is 412 g/mol. The molecule has 0 bridgehead atoms. The Hall–Kier alpha value is -4.06. The third-order valence-electron chi connectivity index (χ3n) is 5.73. The highest BCUT2D eigenvalue weighted by Gasteiger charge is 2.48. The maximum atomic E-state index is 13.5. The average molecular weight is 434 g/mol. The highest BCUT2D eigenvalue weighted by atomic mass is 16.6. The van der Waals surface area contributed by atoms with Crippen LogP contribution in [0.1, 0.15) is 49.5 Å². The van der Waals surface area contributed by atoms with E-state index in [0.717, 1.165) is 4.90 Å². The Bertz CT molecular complexity index is 1130. The Kier molecular flexibility index (Phi) is 6.07. The molecule has 1 fully saturated rings. The van der Waals surface area contributed by atoms with Gasteiger partial charge < -0.3 is 4.90 Å². The molecule has 32 heavy (non-hydrogen) atoms. The third kappa shape index (κ3) is 4.07. The SMILES string of the molecule is CCC(C)(C)N(C(=O)c1cccc([N+](=O)[O-])c1)C1CC(=O)N(c2ccc(C#N)cc2)C1=O. The monoisotopic (exact) mass is 434 g/mol. The molecule has 0 N–H and O–H groups in total. The number of nitriles is 1. The fourth-order valence-corrected chi connectivity index (χ4v) is 3.67. The average Bonchev–Trinajstić information content (AvgIpc) is 3.07. The number of nitro benzene ring substituents is 1. The molecule has 164 valence electrons. The van der Waals surface area contributed by atoms with Crippen LogP contribution in [0.15, 0.2) is 48.5 Å². The third-order valence-corrected chi connectivity index (χ3v) is 5.73. The van der Waals surface area contributed by atoms with Gasteiger partial charge in [-0.05, 0) is 50.6 Å². The maximum Gasteiger partial charge on any atom is 0.270 e. The van der Waals surface area contributed by atoms with Gasteiger partial charge in [0.2, 0.25) is 5.91 Å². The minimum Gasteiger partial charge on any atom is -0.321 e. The number of amides is 3. The summed E-state index contributed by atoms with van der Waals surface area (Å²) in [6, 6.07) is 12.3. The van der Waals surface area contributed by atoms with Gasteiger partial charge in [0.15, 0.2) is 0 Å². The van der Waals surface area contributed by atoms with Gasteiger partial charge in [0.1, 0.15) is 6.04 Å². The van der Waals surface area contributed by atoms with Gasteiger partial charge >= 0.3 is 0 Å². The number of non-ortho nitro benzene ring substituents is 1. The van der Waals surface area contributed by atoms with Crippen molar-refractivity contribution in [3.05, 3.63) is 69.8 Å². The lowest BCUT2D eigenvalue weighted by Gasteiger charge is -2.41. The Labute approximate surface area is 185 Å². The lowest BCUT2D eigenvalue weighted by Crippen LogP contribution is -2.55. The number of hydrogen-bond acceptors (Lipinski definition) is 6. The van der Waals surface area contributed by atoms with E-state index in [1.54, 1.807) is 13.8 Å². The molecule has 3 rings (SSSR count). The zero-order valence-corrected chi connectivity index (χ0v) is 17.9. The lowest BCUT2D eigenvalue weighted by atomic mass is 9.94. The van der Waals surface area contributed by atoms with E-state index in [2.05, 4.69) is 0 Å². The number of nitro groups is 1. The number of benzene rings is 2. The van der Waals surface area contributed by atoms with E-state index in [0.29, 0.717) is 17.7 Å². The quantitative estimate of drug-likeness (QED) is 0.390. The van der Waals surface area contributed by atoms with Crippen molar-refractivity contribution in [1.29, 1.82) is 5.26 Å². The van der Waals surface area contributed by atoms with Gasteiger partial charge in [-0.25, -0.2) is 4.90 Å². The lowest BCUT2D eigenvalue weighted by molar-refractivity contribution is -0.384. The Morgan fingerprint density at radius 3 is 2.47 bits per heavy atom. The summed E-state index contributed by atoms with van der Waals surface area (Å²) >= 11 is 0. The first-order chi connectivity index (χ1) is 15.1. The number of nitrogens with zero attached hydrogens (tertiary/aromatic N) is 4. The molecule has 3 amide bonds. The molecule has 0 radical (unpaired) electrons. The molecule has 1 aliphatic rings. The van der Waals surface area contributed by atoms with Crippen molar-refractivity contribution in [1.82, 2.24) is 4.90 Å². The van der Waals surface area contributed by atoms with Crippen LogP contribution in [-0.2, 0) is 9.59 Å². The second-order valence-corrected chi connectivity index (χ2v) is 8.09. The number of carbonyl (C=O) groups excluding carboxylic acids is 3. The Balaban J connectivity index is 2.01. The maximum absolute atomic E-state index is 13.5. The van der Waals surface area contributed by atoms with E-state index in [1.165, 1.54) is 53.4 Å². The van der Waals surface area contributed by atoms with Gasteiger partial charge in [-0.1, -0.05) is 13.0 Å². The van der Waals surface area contributed by atoms with Crippen molar-refractivity contribution in [2.75, 3.05) is 4.90 Å². The summed E-state index contributed by atoms with van der Waals surface area (Å²) in [6.07, 6.45) is 0.283. The molecule has 1 saturated heterocycles. The van der Waals surface area contributed by atoms with Crippen LogP contribution >= 0.6 is 0 Å². The second kappa shape index (κ2) is 8.59. The van der Waals surface area contributed by atoms with E-state index >= 15 is 0 Å². The van der Waals surface area contributed by atoms with E-state index in [4.69, 9.17) is 5.26 Å². The predicted molar refractivity (Wildman–Crippen MR) is 116 cm³/mol. The molecule has 1 unspecified atom stereocenters. The van der Waals surface area contributed by atoms with Gasteiger partial charge in [0, 0.05) is 23.2 Å². The van der Waals surface area contributed by atoms with E-state index < -0.39 is 34.2 Å². The zero-order chi connectivity index (χ0) is 23.6. The number of anilines is 1. The number of carbonyl (C=O) groups is 3. The first kappa shape index (κ1) is 22.6. The van der Waals surface area contributed by atoms with Crippen LogP contribution in [-0.4, -0.2) is 39.1 Å². The summed E-state index contributed by atoms with van der Waals surface area (Å²) in [7, 11) is 0. The van der Waals surface area contributed by atoms with Crippen molar-refractivity contribution >= 4 is 29.1 Å². The first-order valence-corrected chi connectivity index (χ1v) is 10.1. The van der Waals surface area contributed by atoms with Crippen LogP contribution in [0.4, 0.5) is 11.4 Å². The molecular formula is C23H22N4O5. The smallest absolute Gasteiger partial charge is 0.270 e. The van der Waals surface area contributed by atoms with Crippen molar-refractivity contribution < 1.29 is 19.3 Å². The van der Waals surface area contributed by atoms with Gasteiger partial charge in [-0.3, -0.25) is 24.5 Å². The Morgan fingerprint density at radius 2 is 1.91 bits per heavy atom. The Morgan fingerprint density at radius 1 is 1.25 bits per heavy atom. The van der Waals surface area contributed by atoms with Gasteiger partial charge in [0.25, 0.3) is 17.5 Å². The molecule has 0 saturated carbocycles. The van der Waals surface area contributed by atoms with Crippen molar-refractivity contribution in [2.45, 2.75) is 45.2 Å². The van der Waals surface area contributed by atoms with Crippen LogP contribution in [0.5, 0.6) is 0 Å². The van der Waals surface area contributed by atoms with E-state index in [9.17, 15) is 24.5 Å². The molecule has 2 aromatic rings. The molecule has 0 aliphatic carbocycles. The largest absolute Gasteiger partial charge is 0.321 e. The molecule has 9 nitrogen and oxygen atoms in total. The van der Waals surface area contributed by atoms with Crippen molar-refractivity contribution in [3.63, 3.8) is 0 Å². The van der Waals surface area contributed by atoms with Crippen LogP contribution < -0.4 is 4.90 Å². The van der Waals surface area contributed by atoms with Gasteiger partial charge in [-0.2, -0.15) is 5.26 Å². The summed E-state index contributed by atoms with van der Waals surface area (Å²) in [5.41, 5.74) is -0.267. The van der Waals surface area contributed by atoms with Gasteiger partial charge in [0.05, 0.1) is 28.7 Å². The minimum atomic E-state index is -1.06. The standard InChI is InChI=1S/C23H22N4O5/c1-4-23(2,3)26(21(29)16-6-5-7-18(12-16)27(31)32)19-13-20(28)25(22(19)30)17-10-8-15(14-24)9-11-17/h5-12,19H,4,13H2,1-3H3. The number of imide groups is 1. The normalized spacial score (nSPS) is 16.1. The highest BCUT2D eigenvalue weighted by molar-refractivity contribution is 6.23. The summed E-state index contributed by atoms with van der Waals surface area (Å²) in [5.74, 6) is -1.58. The molecule has 1 atom stereocenters. The second-order valence-electron chi connectivity index (χ2n) is 8.09. The molecule has 9 heteroatoms. The van der Waals surface area contributed by atoms with Crippen LogP contribution in [0.25, 0.3) is 0 Å². The van der Waals surface area contributed by atoms with Crippen LogP contribution in [0.3, 0.4) is 0 Å². The number of rotatable bonds is 6. The summed E-state index contributed by atoms with van der Waals surface area (Å²) in [5, 5.41) is 20.1. The van der Waals surface area contributed by atoms with Crippen molar-refractivity contribution in [3.8, 4) is 6.07 Å². The summed E-state index contributed by atoms with van der Waals surface area (Å²) < 4.78 is 0. The van der Waals surface area contributed by atoms with Crippen molar-refractivity contribution in [2.24, 2.45) is 0 Å². The zero-order valence-electron chi connectivity index (χ0n) is 17.9. The topological polar surface area (TPSA) is 125 Å². The number of hydrogen-bond donors (Lipinski definition) is 0.